The quantitative estimate of drug-likeness (QED) is 0.178. The van der Waals surface area contributed by atoms with Gasteiger partial charge >= 0.3 is 0 Å². The Labute approximate surface area is 327 Å². The SMILES string of the molecule is C1=C(n2c3ccc(-c4cccc5ccccc45)cc3c3cc4c5ccccc5n5c6ccccc6c(c32)c45)\N=C(\c2ccccc2)c2oc3ccccc3c2CC/1. The van der Waals surface area contributed by atoms with Crippen molar-refractivity contribution in [3.63, 3.8) is 0 Å². The predicted molar refractivity (Wildman–Crippen MR) is 238 cm³/mol. The first-order chi connectivity index (χ1) is 28.3. The normalized spacial score (nSPS) is 15.5. The second-order valence-electron chi connectivity index (χ2n) is 15.3. The third-order valence-corrected chi connectivity index (χ3v) is 12.3. The highest BCUT2D eigenvalue weighted by Gasteiger charge is 2.27. The summed E-state index contributed by atoms with van der Waals surface area (Å²) in [7, 11) is 0. The second-order valence-corrected chi connectivity index (χ2v) is 15.3. The van der Waals surface area contributed by atoms with Crippen LogP contribution in [0.15, 0.2) is 185 Å². The number of benzene rings is 8. The number of fused-ring (bicyclic) bond motifs is 14. The molecule has 4 heteroatoms. The maximum absolute atomic E-state index is 6.75. The highest BCUT2D eigenvalue weighted by atomic mass is 16.3. The topological polar surface area (TPSA) is 34.8 Å². The van der Waals surface area contributed by atoms with E-state index in [2.05, 4.69) is 179 Å². The maximum atomic E-state index is 6.75. The van der Waals surface area contributed by atoms with Crippen LogP contribution in [0.1, 0.15) is 23.3 Å². The summed E-state index contributed by atoms with van der Waals surface area (Å²) < 4.78 is 11.7. The number of aryl methyl sites for hydroxylation is 1. The minimum Gasteiger partial charge on any atom is -0.454 e. The molecule has 0 saturated carbocycles. The van der Waals surface area contributed by atoms with E-state index in [1.807, 2.05) is 6.07 Å². The van der Waals surface area contributed by atoms with Crippen LogP contribution in [-0.4, -0.2) is 14.7 Å². The van der Waals surface area contributed by atoms with Crippen LogP contribution < -0.4 is 0 Å². The van der Waals surface area contributed by atoms with Crippen LogP contribution in [0, 0.1) is 0 Å². The molecule has 0 saturated heterocycles. The van der Waals surface area contributed by atoms with Crippen LogP contribution in [0.2, 0.25) is 0 Å². The molecule has 0 fully saturated rings. The molecule has 4 nitrogen and oxygen atoms in total. The molecule has 0 atom stereocenters. The molecule has 13 rings (SSSR count). The number of aromatic nitrogens is 2. The summed E-state index contributed by atoms with van der Waals surface area (Å²) in [6.07, 6.45) is 4.01. The number of nitrogens with zero attached hydrogens (tertiary/aromatic N) is 3. The Kier molecular flexibility index (Phi) is 6.25. The van der Waals surface area contributed by atoms with E-state index in [4.69, 9.17) is 9.41 Å². The largest absolute Gasteiger partial charge is 0.454 e. The van der Waals surface area contributed by atoms with Crippen LogP contribution in [0.4, 0.5) is 0 Å². The number of para-hydroxylation sites is 3. The van der Waals surface area contributed by atoms with E-state index in [0.717, 1.165) is 52.2 Å². The maximum Gasteiger partial charge on any atom is 0.157 e. The van der Waals surface area contributed by atoms with Crippen molar-refractivity contribution in [1.82, 2.24) is 8.97 Å². The molecule has 266 valence electrons. The van der Waals surface area contributed by atoms with Gasteiger partial charge in [-0.3, -0.25) is 4.57 Å². The summed E-state index contributed by atoms with van der Waals surface area (Å²) in [5, 5.41) is 11.1. The fourth-order valence-electron chi connectivity index (χ4n) is 9.92. The Morgan fingerprint density at radius 3 is 2.07 bits per heavy atom. The molecule has 57 heavy (non-hydrogen) atoms. The minimum atomic E-state index is 0.821. The van der Waals surface area contributed by atoms with Crippen LogP contribution in [0.25, 0.3) is 98.6 Å². The van der Waals surface area contributed by atoms with Gasteiger partial charge in [0.25, 0.3) is 0 Å². The second kappa shape index (κ2) is 11.5. The van der Waals surface area contributed by atoms with Crippen molar-refractivity contribution in [2.75, 3.05) is 0 Å². The monoisotopic (exact) mass is 727 g/mol. The Morgan fingerprint density at radius 1 is 0.491 bits per heavy atom. The van der Waals surface area contributed by atoms with Gasteiger partial charge in [-0.25, -0.2) is 4.99 Å². The molecular weight excluding hydrogens is 695 g/mol. The fourth-order valence-corrected chi connectivity index (χ4v) is 9.92. The zero-order chi connectivity index (χ0) is 37.2. The van der Waals surface area contributed by atoms with Gasteiger partial charge in [0.15, 0.2) is 5.76 Å². The minimum absolute atomic E-state index is 0.821. The van der Waals surface area contributed by atoms with E-state index in [-0.39, 0.29) is 0 Å². The van der Waals surface area contributed by atoms with Crippen LogP contribution in [0.3, 0.4) is 0 Å². The molecule has 0 amide bonds. The van der Waals surface area contributed by atoms with Crippen molar-refractivity contribution in [2.24, 2.45) is 4.99 Å². The summed E-state index contributed by atoms with van der Waals surface area (Å²) >= 11 is 0. The van der Waals surface area contributed by atoms with Crippen molar-refractivity contribution in [3.05, 3.63) is 193 Å². The Bertz CT molecular complexity index is 3680. The number of allylic oxidation sites excluding steroid dienone is 1. The van der Waals surface area contributed by atoms with Gasteiger partial charge in [-0.15, -0.1) is 0 Å². The average molecular weight is 728 g/mol. The molecule has 0 N–H and O–H groups in total. The highest BCUT2D eigenvalue weighted by molar-refractivity contribution is 6.34. The van der Waals surface area contributed by atoms with E-state index >= 15 is 0 Å². The van der Waals surface area contributed by atoms with Crippen molar-refractivity contribution >= 4 is 93.2 Å². The molecule has 8 aromatic carbocycles. The van der Waals surface area contributed by atoms with Crippen LogP contribution >= 0.6 is 0 Å². The van der Waals surface area contributed by atoms with Gasteiger partial charge < -0.3 is 8.82 Å². The Balaban J connectivity index is 1.19. The van der Waals surface area contributed by atoms with Gasteiger partial charge in [-0.1, -0.05) is 133 Å². The molecule has 0 aliphatic carbocycles. The fraction of sp³-hybridized carbons (Fsp3) is 0.0377. The molecule has 12 aromatic rings. The van der Waals surface area contributed by atoms with Gasteiger partial charge in [-0.05, 0) is 77.2 Å². The summed E-state index contributed by atoms with van der Waals surface area (Å²) in [6.45, 7) is 0. The smallest absolute Gasteiger partial charge is 0.157 e. The van der Waals surface area contributed by atoms with Crippen LogP contribution in [-0.2, 0) is 6.42 Å². The lowest BCUT2D eigenvalue weighted by Gasteiger charge is -2.16. The van der Waals surface area contributed by atoms with E-state index in [1.54, 1.807) is 0 Å². The molecule has 1 aliphatic heterocycles. The first-order valence-electron chi connectivity index (χ1n) is 19.8. The number of furan rings is 1. The van der Waals surface area contributed by atoms with E-state index < -0.39 is 0 Å². The summed E-state index contributed by atoms with van der Waals surface area (Å²) in [4.78, 5) is 5.72. The lowest BCUT2D eigenvalue weighted by atomic mass is 9.96. The summed E-state index contributed by atoms with van der Waals surface area (Å²) in [5.74, 6) is 1.75. The van der Waals surface area contributed by atoms with Crippen molar-refractivity contribution < 1.29 is 4.42 Å². The molecule has 0 unspecified atom stereocenters. The zero-order valence-electron chi connectivity index (χ0n) is 30.9. The standard InChI is InChI=1S/C53H33N3O/c1-2-15-33(16-3-1)50-53-39(38-20-8-11-26-47(38)57-53)23-13-27-48(54-50)56-46-29-28-34(36-22-12-17-32-14-4-5-18-35(32)36)30-41(46)43-31-42-37-19-6-9-24-44(37)55-45-25-10-7-21-40(45)49(51(42)55)52(43)56/h1-12,14-22,24-31H,13,23H2/b48-27+,54-50-. The number of hydrogen-bond acceptors (Lipinski definition) is 2. The van der Waals surface area contributed by atoms with Crippen LogP contribution in [0.5, 0.6) is 0 Å². The molecule has 0 radical (unpaired) electrons. The lowest BCUT2D eigenvalue weighted by Crippen LogP contribution is -2.09. The average Bonchev–Trinajstić information content (AvgIpc) is 3.99. The molecule has 1 aliphatic rings. The van der Waals surface area contributed by atoms with Gasteiger partial charge in [0.2, 0.25) is 0 Å². The van der Waals surface area contributed by atoms with Crippen molar-refractivity contribution in [3.8, 4) is 11.1 Å². The Hall–Kier alpha value is -7.43. The molecule has 4 aromatic heterocycles. The van der Waals surface area contributed by atoms with Gasteiger partial charge in [0.05, 0.1) is 27.6 Å². The van der Waals surface area contributed by atoms with Gasteiger partial charge in [0, 0.05) is 48.8 Å². The predicted octanol–water partition coefficient (Wildman–Crippen LogP) is 13.8. The van der Waals surface area contributed by atoms with Gasteiger partial charge in [0.1, 0.15) is 17.1 Å². The number of hydrogen-bond donors (Lipinski definition) is 0. The molecule has 5 heterocycles. The third kappa shape index (κ3) is 4.24. The summed E-state index contributed by atoms with van der Waals surface area (Å²) in [5.41, 5.74) is 12.4. The van der Waals surface area contributed by atoms with E-state index in [0.29, 0.717) is 0 Å². The van der Waals surface area contributed by atoms with Crippen molar-refractivity contribution in [1.29, 1.82) is 0 Å². The van der Waals surface area contributed by atoms with Crippen molar-refractivity contribution in [2.45, 2.75) is 12.8 Å². The molecule has 0 bridgehead atoms. The first-order valence-corrected chi connectivity index (χ1v) is 19.8. The number of aliphatic imine (C=N–C) groups is 1. The lowest BCUT2D eigenvalue weighted by molar-refractivity contribution is 0.599. The van der Waals surface area contributed by atoms with Gasteiger partial charge in [-0.2, -0.15) is 0 Å². The Morgan fingerprint density at radius 2 is 1.19 bits per heavy atom. The highest BCUT2D eigenvalue weighted by Crippen LogP contribution is 2.47. The summed E-state index contributed by atoms with van der Waals surface area (Å²) in [6, 6.07) is 61.5. The molecule has 0 spiro atoms. The third-order valence-electron chi connectivity index (χ3n) is 12.3. The van der Waals surface area contributed by atoms with E-state index in [1.165, 1.54) is 81.8 Å². The molecular formula is C53H33N3O. The van der Waals surface area contributed by atoms with E-state index in [9.17, 15) is 0 Å². The first kappa shape index (κ1) is 30.8. The zero-order valence-corrected chi connectivity index (χ0v) is 30.9. The number of rotatable bonds is 3.